The molecule has 0 bridgehead atoms. The van der Waals surface area contributed by atoms with E-state index in [0.717, 1.165) is 24.6 Å². The van der Waals surface area contributed by atoms with E-state index in [1.54, 1.807) is 56.8 Å². The van der Waals surface area contributed by atoms with E-state index in [1.807, 2.05) is 6.07 Å². The molecule has 1 saturated carbocycles. The highest BCUT2D eigenvalue weighted by molar-refractivity contribution is 7.93. The summed E-state index contributed by atoms with van der Waals surface area (Å²) in [5.41, 5.74) is 1.24. The average Bonchev–Trinajstić information content (AvgIpc) is 2.66. The minimum atomic E-state index is -3.32. The second-order valence-corrected chi connectivity index (χ2v) is 8.82. The first-order valence-corrected chi connectivity index (χ1v) is 10.8. The van der Waals surface area contributed by atoms with Crippen LogP contribution in [0, 0.1) is 0 Å². The molecule has 0 amide bonds. The number of pyridine rings is 1. The highest BCUT2D eigenvalue weighted by atomic mass is 32.2. The molecule has 3 aromatic rings. The monoisotopic (exact) mass is 414 g/mol. The van der Waals surface area contributed by atoms with Gasteiger partial charge in [-0.1, -0.05) is 6.42 Å². The maximum Gasteiger partial charge on any atom is 0.235 e. The Labute approximate surface area is 169 Å². The molecule has 7 nitrogen and oxygen atoms in total. The van der Waals surface area contributed by atoms with Crippen LogP contribution in [-0.4, -0.2) is 32.9 Å². The van der Waals surface area contributed by atoms with E-state index < -0.39 is 10.0 Å². The molecule has 152 valence electrons. The Morgan fingerprint density at radius 1 is 0.966 bits per heavy atom. The van der Waals surface area contributed by atoms with Crippen LogP contribution in [0.25, 0.3) is 10.9 Å². The van der Waals surface area contributed by atoms with Gasteiger partial charge in [-0.05, 0) is 49.2 Å². The third-order valence-corrected chi connectivity index (χ3v) is 6.91. The van der Waals surface area contributed by atoms with Gasteiger partial charge < -0.3 is 14.2 Å². The van der Waals surface area contributed by atoms with Crippen LogP contribution in [-0.2, 0) is 10.0 Å². The molecular weight excluding hydrogens is 392 g/mol. The molecule has 29 heavy (non-hydrogen) atoms. The maximum absolute atomic E-state index is 12.2. The fourth-order valence-corrected chi connectivity index (χ4v) is 4.77. The SMILES string of the molecule is COc1cc2nccc(Oc3ccc(NS(=O)(=O)C4CCC4)cc3)c2cc1OC. The molecule has 4 rings (SSSR count). The van der Waals surface area contributed by atoms with Crippen molar-refractivity contribution in [1.82, 2.24) is 4.98 Å². The van der Waals surface area contributed by atoms with Crippen molar-refractivity contribution in [2.75, 3.05) is 18.9 Å². The molecule has 0 unspecified atom stereocenters. The molecular formula is C21H22N2O5S. The van der Waals surface area contributed by atoms with E-state index in [2.05, 4.69) is 9.71 Å². The van der Waals surface area contributed by atoms with E-state index >= 15 is 0 Å². The van der Waals surface area contributed by atoms with Crippen LogP contribution in [0.15, 0.2) is 48.7 Å². The Kier molecular flexibility index (Phi) is 5.19. The maximum atomic E-state index is 12.2. The van der Waals surface area contributed by atoms with Gasteiger partial charge >= 0.3 is 0 Å². The zero-order valence-corrected chi connectivity index (χ0v) is 17.0. The lowest BCUT2D eigenvalue weighted by molar-refractivity contribution is 0.355. The van der Waals surface area contributed by atoms with Crippen molar-refractivity contribution in [3.63, 3.8) is 0 Å². The molecule has 1 heterocycles. The van der Waals surface area contributed by atoms with Gasteiger partial charge in [0.05, 0.1) is 25.0 Å². The summed E-state index contributed by atoms with van der Waals surface area (Å²) in [5, 5.41) is 0.494. The van der Waals surface area contributed by atoms with Crippen molar-refractivity contribution in [3.05, 3.63) is 48.7 Å². The smallest absolute Gasteiger partial charge is 0.235 e. The summed E-state index contributed by atoms with van der Waals surface area (Å²) < 4.78 is 43.8. The topological polar surface area (TPSA) is 86.8 Å². The third kappa shape index (κ3) is 3.93. The van der Waals surface area contributed by atoms with Gasteiger partial charge in [0.15, 0.2) is 11.5 Å². The van der Waals surface area contributed by atoms with Crippen LogP contribution in [0.5, 0.6) is 23.0 Å². The van der Waals surface area contributed by atoms with Crippen molar-refractivity contribution in [3.8, 4) is 23.0 Å². The predicted octanol–water partition coefficient (Wildman–Crippen LogP) is 4.34. The van der Waals surface area contributed by atoms with Crippen molar-refractivity contribution in [1.29, 1.82) is 0 Å². The Bertz CT molecular complexity index is 1130. The van der Waals surface area contributed by atoms with E-state index in [9.17, 15) is 8.42 Å². The van der Waals surface area contributed by atoms with Crippen LogP contribution >= 0.6 is 0 Å². The number of fused-ring (bicyclic) bond motifs is 1. The largest absolute Gasteiger partial charge is 0.493 e. The molecule has 0 radical (unpaired) electrons. The zero-order chi connectivity index (χ0) is 20.4. The molecule has 0 saturated heterocycles. The Balaban J connectivity index is 1.57. The minimum absolute atomic E-state index is 0.284. The van der Waals surface area contributed by atoms with Crippen LogP contribution in [0.2, 0.25) is 0 Å². The molecule has 1 aromatic heterocycles. The number of anilines is 1. The summed E-state index contributed by atoms with van der Waals surface area (Å²) in [6.07, 6.45) is 4.07. The molecule has 2 aromatic carbocycles. The normalized spacial score (nSPS) is 14.3. The second kappa shape index (κ2) is 7.79. The lowest BCUT2D eigenvalue weighted by Crippen LogP contribution is -2.33. The molecule has 0 atom stereocenters. The number of sulfonamides is 1. The molecule has 1 aliphatic rings. The van der Waals surface area contributed by atoms with Crippen LogP contribution in [0.1, 0.15) is 19.3 Å². The number of aromatic nitrogens is 1. The van der Waals surface area contributed by atoms with Gasteiger partial charge in [-0.15, -0.1) is 0 Å². The summed E-state index contributed by atoms with van der Waals surface area (Å²) in [5.74, 6) is 2.36. The van der Waals surface area contributed by atoms with Gasteiger partial charge in [0.25, 0.3) is 0 Å². The first-order chi connectivity index (χ1) is 14.0. The van der Waals surface area contributed by atoms with Crippen molar-refractivity contribution in [2.24, 2.45) is 0 Å². The third-order valence-electron chi connectivity index (χ3n) is 5.04. The summed E-state index contributed by atoms with van der Waals surface area (Å²) in [6, 6.07) is 12.2. The number of hydrogen-bond acceptors (Lipinski definition) is 6. The lowest BCUT2D eigenvalue weighted by Gasteiger charge is -2.25. The van der Waals surface area contributed by atoms with Crippen LogP contribution in [0.3, 0.4) is 0 Å². The molecule has 0 spiro atoms. The van der Waals surface area contributed by atoms with Gasteiger partial charge in [-0.25, -0.2) is 8.42 Å². The van der Waals surface area contributed by atoms with E-state index in [1.165, 1.54) is 0 Å². The number of methoxy groups -OCH3 is 2. The van der Waals surface area contributed by atoms with Crippen LogP contribution in [0.4, 0.5) is 5.69 Å². The number of nitrogens with one attached hydrogen (secondary N) is 1. The van der Waals surface area contributed by atoms with Gasteiger partial charge in [-0.3, -0.25) is 9.71 Å². The first kappa shape index (κ1) is 19.3. The molecule has 1 fully saturated rings. The highest BCUT2D eigenvalue weighted by Crippen LogP contribution is 2.37. The predicted molar refractivity (Wildman–Crippen MR) is 112 cm³/mol. The van der Waals surface area contributed by atoms with Gasteiger partial charge in [0.2, 0.25) is 10.0 Å². The van der Waals surface area contributed by atoms with E-state index in [0.29, 0.717) is 34.2 Å². The zero-order valence-electron chi connectivity index (χ0n) is 16.2. The highest BCUT2D eigenvalue weighted by Gasteiger charge is 2.31. The molecule has 0 aliphatic heterocycles. The van der Waals surface area contributed by atoms with Gasteiger partial charge in [0.1, 0.15) is 11.5 Å². The lowest BCUT2D eigenvalue weighted by atomic mass is 10.0. The van der Waals surface area contributed by atoms with Gasteiger partial charge in [0, 0.05) is 23.3 Å². The molecule has 1 aliphatic carbocycles. The quantitative estimate of drug-likeness (QED) is 0.619. The number of ether oxygens (including phenoxy) is 3. The summed E-state index contributed by atoms with van der Waals surface area (Å²) in [4.78, 5) is 4.36. The number of nitrogens with zero attached hydrogens (tertiary/aromatic N) is 1. The Morgan fingerprint density at radius 2 is 1.66 bits per heavy atom. The minimum Gasteiger partial charge on any atom is -0.493 e. The van der Waals surface area contributed by atoms with E-state index in [-0.39, 0.29) is 5.25 Å². The fraction of sp³-hybridized carbons (Fsp3) is 0.286. The summed E-state index contributed by atoms with van der Waals surface area (Å²) in [7, 11) is -0.169. The number of rotatable bonds is 7. The van der Waals surface area contributed by atoms with Crippen molar-refractivity contribution >= 4 is 26.6 Å². The number of benzene rings is 2. The standard InChI is InChI=1S/C21H22N2O5S/c1-26-20-12-17-18(13-21(20)27-2)22-11-10-19(17)28-15-8-6-14(7-9-15)23-29(24,25)16-4-3-5-16/h6-13,16,23H,3-5H2,1-2H3. The van der Waals surface area contributed by atoms with Crippen molar-refractivity contribution in [2.45, 2.75) is 24.5 Å². The molecule has 8 heteroatoms. The Hall–Kier alpha value is -3.00. The summed E-state index contributed by atoms with van der Waals surface area (Å²) in [6.45, 7) is 0. The van der Waals surface area contributed by atoms with Crippen molar-refractivity contribution < 1.29 is 22.6 Å². The average molecular weight is 414 g/mol. The fourth-order valence-electron chi connectivity index (χ4n) is 3.18. The Morgan fingerprint density at radius 3 is 2.28 bits per heavy atom. The number of hydrogen-bond donors (Lipinski definition) is 1. The molecule has 1 N–H and O–H groups in total. The van der Waals surface area contributed by atoms with E-state index in [4.69, 9.17) is 14.2 Å². The van der Waals surface area contributed by atoms with Crippen LogP contribution < -0.4 is 18.9 Å². The van der Waals surface area contributed by atoms with Gasteiger partial charge in [-0.2, -0.15) is 0 Å². The first-order valence-electron chi connectivity index (χ1n) is 9.30. The summed E-state index contributed by atoms with van der Waals surface area (Å²) >= 11 is 0. The second-order valence-electron chi connectivity index (χ2n) is 6.86.